The van der Waals surface area contributed by atoms with Crippen molar-refractivity contribution in [2.75, 3.05) is 40.9 Å². The number of hydrogen-bond donors (Lipinski definition) is 1. The molecule has 0 aliphatic carbocycles. The molecule has 0 saturated heterocycles. The highest BCUT2D eigenvalue weighted by atomic mass is 16.5. The van der Waals surface area contributed by atoms with Crippen molar-refractivity contribution in [1.82, 2.24) is 9.80 Å². The zero-order chi connectivity index (χ0) is 23.3. The number of benzene rings is 1. The summed E-state index contributed by atoms with van der Waals surface area (Å²) in [5, 5.41) is 10.7. The van der Waals surface area contributed by atoms with E-state index in [9.17, 15) is 14.7 Å². The standard InChI is InChI=1S/C24H30N2O6/c1-5-13-31-17-10-9-16(15-19(17)30-4)21-20(22(27)18-8-6-14-32-18)23(28)24(29)26(21)12-7-11-25(2)3/h6,8-10,14-15,21,28H,5,7,11-13H2,1-4H3/t21-/m0/s1. The Bertz CT molecular complexity index is 980. The molecule has 8 nitrogen and oxygen atoms in total. The zero-order valence-corrected chi connectivity index (χ0v) is 19.0. The van der Waals surface area contributed by atoms with Crippen LogP contribution in [0.15, 0.2) is 52.3 Å². The summed E-state index contributed by atoms with van der Waals surface area (Å²) in [4.78, 5) is 29.7. The first kappa shape index (κ1) is 23.4. The number of ketones is 1. The second-order valence-corrected chi connectivity index (χ2v) is 7.89. The molecule has 2 heterocycles. The van der Waals surface area contributed by atoms with Gasteiger partial charge < -0.3 is 28.8 Å². The van der Waals surface area contributed by atoms with E-state index in [-0.39, 0.29) is 11.3 Å². The average Bonchev–Trinajstić information content (AvgIpc) is 3.40. The normalized spacial score (nSPS) is 16.2. The molecule has 1 aromatic heterocycles. The van der Waals surface area contributed by atoms with Gasteiger partial charge in [0.05, 0.1) is 31.6 Å². The van der Waals surface area contributed by atoms with Gasteiger partial charge in [-0.25, -0.2) is 0 Å². The SMILES string of the molecule is CCCOc1ccc([C@H]2C(C(=O)c3ccco3)=C(O)C(=O)N2CCCN(C)C)cc1OC. The third kappa shape index (κ3) is 4.80. The molecule has 3 rings (SSSR count). The molecule has 1 aliphatic heterocycles. The zero-order valence-electron chi connectivity index (χ0n) is 19.0. The highest BCUT2D eigenvalue weighted by Gasteiger charge is 2.44. The summed E-state index contributed by atoms with van der Waals surface area (Å²) in [6.07, 6.45) is 2.91. The highest BCUT2D eigenvalue weighted by molar-refractivity contribution is 6.15. The maximum Gasteiger partial charge on any atom is 0.290 e. The number of amides is 1. The number of rotatable bonds is 11. The topological polar surface area (TPSA) is 92.5 Å². The van der Waals surface area contributed by atoms with Gasteiger partial charge in [0.25, 0.3) is 5.91 Å². The van der Waals surface area contributed by atoms with E-state index in [1.54, 1.807) is 24.3 Å². The molecule has 172 valence electrons. The fraction of sp³-hybridized carbons (Fsp3) is 0.417. The second kappa shape index (κ2) is 10.4. The van der Waals surface area contributed by atoms with Gasteiger partial charge in [-0.2, -0.15) is 0 Å². The molecule has 1 atom stereocenters. The summed E-state index contributed by atoms with van der Waals surface area (Å²) in [5.74, 6) is -0.511. The minimum Gasteiger partial charge on any atom is -0.503 e. The molecule has 2 aromatic rings. The molecule has 1 aromatic carbocycles. The smallest absolute Gasteiger partial charge is 0.290 e. The predicted octanol–water partition coefficient (Wildman–Crippen LogP) is 3.61. The number of furan rings is 1. The van der Waals surface area contributed by atoms with Crippen LogP contribution in [-0.4, -0.2) is 67.5 Å². The van der Waals surface area contributed by atoms with Gasteiger partial charge >= 0.3 is 0 Å². The molecular formula is C24H30N2O6. The van der Waals surface area contributed by atoms with Gasteiger partial charge in [-0.05, 0) is 63.3 Å². The summed E-state index contributed by atoms with van der Waals surface area (Å²) in [7, 11) is 5.43. The Labute approximate surface area is 188 Å². The predicted molar refractivity (Wildman–Crippen MR) is 119 cm³/mol. The molecule has 32 heavy (non-hydrogen) atoms. The Kier molecular flexibility index (Phi) is 7.58. The van der Waals surface area contributed by atoms with Crippen molar-refractivity contribution < 1.29 is 28.6 Å². The highest BCUT2D eigenvalue weighted by Crippen LogP contribution is 2.41. The molecule has 0 spiro atoms. The van der Waals surface area contributed by atoms with Gasteiger partial charge in [0.2, 0.25) is 5.78 Å². The quantitative estimate of drug-likeness (QED) is 0.532. The van der Waals surface area contributed by atoms with Gasteiger partial charge in [-0.3, -0.25) is 9.59 Å². The fourth-order valence-corrected chi connectivity index (χ4v) is 3.75. The van der Waals surface area contributed by atoms with Crippen molar-refractivity contribution in [3.05, 3.63) is 59.3 Å². The van der Waals surface area contributed by atoms with Crippen LogP contribution in [0.4, 0.5) is 0 Å². The van der Waals surface area contributed by atoms with Crippen molar-refractivity contribution in [3.8, 4) is 11.5 Å². The van der Waals surface area contributed by atoms with Crippen LogP contribution in [0.3, 0.4) is 0 Å². The van der Waals surface area contributed by atoms with Crippen LogP contribution in [0.5, 0.6) is 11.5 Å². The molecule has 0 saturated carbocycles. The van der Waals surface area contributed by atoms with Crippen molar-refractivity contribution in [1.29, 1.82) is 0 Å². The lowest BCUT2D eigenvalue weighted by Crippen LogP contribution is -2.33. The molecule has 0 unspecified atom stereocenters. The maximum atomic E-state index is 13.2. The summed E-state index contributed by atoms with van der Waals surface area (Å²) in [6.45, 7) is 3.68. The third-order valence-electron chi connectivity index (χ3n) is 5.26. The van der Waals surface area contributed by atoms with E-state index in [0.717, 1.165) is 13.0 Å². The summed E-state index contributed by atoms with van der Waals surface area (Å²) >= 11 is 0. The number of hydrogen-bond acceptors (Lipinski definition) is 7. The van der Waals surface area contributed by atoms with E-state index in [0.29, 0.717) is 36.6 Å². The van der Waals surface area contributed by atoms with Crippen molar-refractivity contribution in [3.63, 3.8) is 0 Å². The van der Waals surface area contributed by atoms with E-state index in [1.165, 1.54) is 24.3 Å². The largest absolute Gasteiger partial charge is 0.503 e. The lowest BCUT2D eigenvalue weighted by molar-refractivity contribution is -0.129. The van der Waals surface area contributed by atoms with Crippen LogP contribution >= 0.6 is 0 Å². The van der Waals surface area contributed by atoms with E-state index in [4.69, 9.17) is 13.9 Å². The number of ether oxygens (including phenoxy) is 2. The minimum absolute atomic E-state index is 0.000849. The van der Waals surface area contributed by atoms with Crippen LogP contribution in [0.1, 0.15) is 41.9 Å². The van der Waals surface area contributed by atoms with E-state index in [1.807, 2.05) is 25.9 Å². The van der Waals surface area contributed by atoms with Crippen LogP contribution in [-0.2, 0) is 4.79 Å². The van der Waals surface area contributed by atoms with Gasteiger partial charge in [-0.15, -0.1) is 0 Å². The summed E-state index contributed by atoms with van der Waals surface area (Å²) in [6, 6.07) is 7.64. The van der Waals surface area contributed by atoms with E-state index >= 15 is 0 Å². The van der Waals surface area contributed by atoms with Crippen LogP contribution < -0.4 is 9.47 Å². The molecule has 8 heteroatoms. The Morgan fingerprint density at radius 1 is 1.25 bits per heavy atom. The number of nitrogens with zero attached hydrogens (tertiary/aromatic N) is 2. The Hall–Kier alpha value is -3.26. The molecule has 1 N–H and O–H groups in total. The molecule has 0 fully saturated rings. The van der Waals surface area contributed by atoms with E-state index in [2.05, 4.69) is 0 Å². The van der Waals surface area contributed by atoms with Gasteiger partial charge in [0, 0.05) is 6.54 Å². The van der Waals surface area contributed by atoms with Crippen LogP contribution in [0.25, 0.3) is 0 Å². The van der Waals surface area contributed by atoms with Gasteiger partial charge in [0.15, 0.2) is 23.0 Å². The number of aliphatic hydroxyl groups is 1. The van der Waals surface area contributed by atoms with Crippen molar-refractivity contribution in [2.24, 2.45) is 0 Å². The van der Waals surface area contributed by atoms with Gasteiger partial charge in [-0.1, -0.05) is 13.0 Å². The second-order valence-electron chi connectivity index (χ2n) is 7.89. The number of aliphatic hydroxyl groups excluding tert-OH is 1. The van der Waals surface area contributed by atoms with Crippen LogP contribution in [0.2, 0.25) is 0 Å². The Balaban J connectivity index is 2.02. The molecule has 1 amide bonds. The summed E-state index contributed by atoms with van der Waals surface area (Å²) in [5.41, 5.74) is 0.641. The Morgan fingerprint density at radius 2 is 2.03 bits per heavy atom. The van der Waals surface area contributed by atoms with Crippen molar-refractivity contribution in [2.45, 2.75) is 25.8 Å². The summed E-state index contributed by atoms with van der Waals surface area (Å²) < 4.78 is 16.5. The number of Topliss-reactive ketones (excluding diaryl/α,β-unsaturated/α-hetero) is 1. The lowest BCUT2D eigenvalue weighted by Gasteiger charge is -2.27. The number of methoxy groups -OCH3 is 1. The van der Waals surface area contributed by atoms with Gasteiger partial charge in [0.1, 0.15) is 0 Å². The van der Waals surface area contributed by atoms with Crippen LogP contribution in [0, 0.1) is 0 Å². The molecule has 0 bridgehead atoms. The van der Waals surface area contributed by atoms with E-state index < -0.39 is 23.5 Å². The molecule has 0 radical (unpaired) electrons. The minimum atomic E-state index is -0.767. The monoisotopic (exact) mass is 442 g/mol. The lowest BCUT2D eigenvalue weighted by atomic mass is 9.94. The average molecular weight is 443 g/mol. The first-order valence-electron chi connectivity index (χ1n) is 10.7. The number of carbonyl (C=O) groups excluding carboxylic acids is 2. The Morgan fingerprint density at radius 3 is 2.66 bits per heavy atom. The maximum absolute atomic E-state index is 13.2. The number of carbonyl (C=O) groups is 2. The fourth-order valence-electron chi connectivity index (χ4n) is 3.75. The first-order chi connectivity index (χ1) is 15.4. The molecule has 1 aliphatic rings. The first-order valence-corrected chi connectivity index (χ1v) is 10.7. The van der Waals surface area contributed by atoms with Crippen molar-refractivity contribution >= 4 is 11.7 Å². The third-order valence-corrected chi connectivity index (χ3v) is 5.26. The molecular weight excluding hydrogens is 412 g/mol.